The first kappa shape index (κ1) is 17.9. The molecule has 1 aliphatic rings. The number of halogens is 1. The lowest BCUT2D eigenvalue weighted by molar-refractivity contribution is -0.169. The van der Waals surface area contributed by atoms with E-state index in [-0.39, 0.29) is 16.7 Å². The molecule has 11 heteroatoms. The van der Waals surface area contributed by atoms with Crippen LogP contribution in [0.2, 0.25) is 5.15 Å². The Morgan fingerprint density at radius 3 is 2.67 bits per heavy atom. The van der Waals surface area contributed by atoms with Gasteiger partial charge in [0.05, 0.1) is 6.61 Å². The molecule has 1 aromatic carbocycles. The van der Waals surface area contributed by atoms with E-state index in [2.05, 4.69) is 20.3 Å². The molecular formula is C16H16ClN5O5. The van der Waals surface area contributed by atoms with Gasteiger partial charge in [0.25, 0.3) is 6.29 Å². The number of nitrogens with zero attached hydrogens (tertiary/aromatic N) is 4. The summed E-state index contributed by atoms with van der Waals surface area (Å²) in [5.74, 6) is 0.227. The SMILES string of the molecule is OCC1OC(On2cnc3c(Cl)nc(Nc4ccccc4)nc32)C(O)C1O. The molecule has 0 amide bonds. The first-order chi connectivity index (χ1) is 13.1. The average molecular weight is 394 g/mol. The second-order valence-electron chi connectivity index (χ2n) is 5.88. The third-order valence-electron chi connectivity index (χ3n) is 4.07. The van der Waals surface area contributed by atoms with E-state index in [1.165, 1.54) is 11.1 Å². The summed E-state index contributed by atoms with van der Waals surface area (Å²) < 4.78 is 6.47. The summed E-state index contributed by atoms with van der Waals surface area (Å²) in [5.41, 5.74) is 1.30. The van der Waals surface area contributed by atoms with Crippen LogP contribution in [0.25, 0.3) is 11.2 Å². The van der Waals surface area contributed by atoms with Gasteiger partial charge >= 0.3 is 0 Å². The molecule has 3 aromatic rings. The summed E-state index contributed by atoms with van der Waals surface area (Å²) in [5, 5.41) is 32.1. The second kappa shape index (κ2) is 7.25. The van der Waals surface area contributed by atoms with Crippen LogP contribution in [0.3, 0.4) is 0 Å². The van der Waals surface area contributed by atoms with Gasteiger partial charge in [-0.1, -0.05) is 29.8 Å². The summed E-state index contributed by atoms with van der Waals surface area (Å²) in [6.07, 6.45) is -3.49. The van der Waals surface area contributed by atoms with E-state index in [0.717, 1.165) is 5.69 Å². The predicted molar refractivity (Wildman–Crippen MR) is 94.4 cm³/mol. The van der Waals surface area contributed by atoms with E-state index in [9.17, 15) is 10.2 Å². The van der Waals surface area contributed by atoms with Crippen LogP contribution in [0, 0.1) is 0 Å². The number of aliphatic hydroxyl groups excluding tert-OH is 3. The van der Waals surface area contributed by atoms with E-state index >= 15 is 0 Å². The smallest absolute Gasteiger partial charge is 0.254 e. The van der Waals surface area contributed by atoms with Crippen molar-refractivity contribution in [3.63, 3.8) is 0 Å². The van der Waals surface area contributed by atoms with Crippen molar-refractivity contribution in [2.75, 3.05) is 11.9 Å². The minimum atomic E-state index is -1.35. The summed E-state index contributed by atoms with van der Waals surface area (Å²) in [4.78, 5) is 18.1. The molecule has 10 nitrogen and oxygen atoms in total. The quantitative estimate of drug-likeness (QED) is 0.445. The van der Waals surface area contributed by atoms with Crippen LogP contribution >= 0.6 is 11.6 Å². The summed E-state index contributed by atoms with van der Waals surface area (Å²) in [7, 11) is 0. The molecule has 0 aliphatic carbocycles. The van der Waals surface area contributed by atoms with Gasteiger partial charge in [-0.3, -0.25) is 0 Å². The number of nitrogens with one attached hydrogen (secondary N) is 1. The summed E-state index contributed by atoms with van der Waals surface area (Å²) in [6, 6.07) is 9.28. The van der Waals surface area contributed by atoms with Gasteiger partial charge in [0.15, 0.2) is 5.15 Å². The largest absolute Gasteiger partial charge is 0.394 e. The first-order valence-corrected chi connectivity index (χ1v) is 8.47. The standard InChI is InChI=1S/C16H16ClN5O5/c17-13-10-14(21-16(20-13)19-8-4-2-1-3-5-8)22(7-18-10)27-15-12(25)11(24)9(6-23)26-15/h1-5,7,9,11-12,15,23-25H,6H2,(H,19,20,21). The molecule has 0 spiro atoms. The first-order valence-electron chi connectivity index (χ1n) is 8.09. The molecule has 4 rings (SSSR count). The Labute approximate surface area is 157 Å². The number of aliphatic hydroxyl groups is 3. The molecule has 1 fully saturated rings. The Morgan fingerprint density at radius 1 is 1.19 bits per heavy atom. The molecule has 1 aliphatic heterocycles. The van der Waals surface area contributed by atoms with Crippen LogP contribution in [0.4, 0.5) is 11.6 Å². The Morgan fingerprint density at radius 2 is 1.96 bits per heavy atom. The van der Waals surface area contributed by atoms with Crippen LogP contribution < -0.4 is 10.2 Å². The maximum atomic E-state index is 10.0. The lowest BCUT2D eigenvalue weighted by atomic mass is 10.1. The highest BCUT2D eigenvalue weighted by Gasteiger charge is 2.44. The number of rotatable bonds is 5. The Bertz CT molecular complexity index is 940. The number of aromatic nitrogens is 4. The number of anilines is 2. The highest BCUT2D eigenvalue weighted by molar-refractivity contribution is 6.33. The predicted octanol–water partition coefficient (Wildman–Crippen LogP) is 0.0909. The van der Waals surface area contributed by atoms with Crippen LogP contribution in [0.15, 0.2) is 36.7 Å². The van der Waals surface area contributed by atoms with Crippen molar-refractivity contribution >= 4 is 34.4 Å². The van der Waals surface area contributed by atoms with Gasteiger partial charge in [0, 0.05) is 5.69 Å². The molecule has 1 saturated heterocycles. The minimum absolute atomic E-state index is 0.113. The Hall–Kier alpha value is -2.50. The molecule has 0 bridgehead atoms. The zero-order valence-electron chi connectivity index (χ0n) is 13.8. The van der Waals surface area contributed by atoms with E-state index in [1.54, 1.807) is 0 Å². The molecule has 27 heavy (non-hydrogen) atoms. The summed E-state index contributed by atoms with van der Waals surface area (Å²) >= 11 is 6.18. The number of ether oxygens (including phenoxy) is 1. The minimum Gasteiger partial charge on any atom is -0.394 e. The number of imidazole rings is 1. The monoisotopic (exact) mass is 393 g/mol. The lowest BCUT2D eigenvalue weighted by Crippen LogP contribution is -2.38. The van der Waals surface area contributed by atoms with Gasteiger partial charge in [-0.15, -0.1) is 4.73 Å². The van der Waals surface area contributed by atoms with Crippen molar-refractivity contribution in [2.24, 2.45) is 0 Å². The number of para-hydroxylation sites is 1. The van der Waals surface area contributed by atoms with Crippen molar-refractivity contribution in [1.29, 1.82) is 0 Å². The molecule has 4 N–H and O–H groups in total. The molecule has 2 aromatic heterocycles. The van der Waals surface area contributed by atoms with Gasteiger partial charge in [0.2, 0.25) is 11.6 Å². The van der Waals surface area contributed by atoms with E-state index in [1.807, 2.05) is 30.3 Å². The maximum absolute atomic E-state index is 10.0. The number of hydrogen-bond acceptors (Lipinski definition) is 9. The van der Waals surface area contributed by atoms with Gasteiger partial charge in [-0.05, 0) is 12.1 Å². The number of benzene rings is 1. The summed E-state index contributed by atoms with van der Waals surface area (Å²) in [6.45, 7) is -0.456. The third-order valence-corrected chi connectivity index (χ3v) is 4.33. The van der Waals surface area contributed by atoms with Crippen LogP contribution in [-0.2, 0) is 4.74 Å². The molecule has 142 valence electrons. The fourth-order valence-electron chi connectivity index (χ4n) is 2.69. The van der Waals surface area contributed by atoms with Gasteiger partial charge in [-0.2, -0.15) is 9.97 Å². The number of fused-ring (bicyclic) bond motifs is 1. The van der Waals surface area contributed by atoms with E-state index in [4.69, 9.17) is 26.3 Å². The normalized spacial score (nSPS) is 25.0. The lowest BCUT2D eigenvalue weighted by Gasteiger charge is -2.16. The Balaban J connectivity index is 1.62. The highest BCUT2D eigenvalue weighted by atomic mass is 35.5. The van der Waals surface area contributed by atoms with Crippen molar-refractivity contribution in [1.82, 2.24) is 19.7 Å². The van der Waals surface area contributed by atoms with Gasteiger partial charge in [0.1, 0.15) is 30.2 Å². The van der Waals surface area contributed by atoms with Gasteiger partial charge < -0.3 is 30.2 Å². The van der Waals surface area contributed by atoms with E-state index < -0.39 is 31.2 Å². The maximum Gasteiger partial charge on any atom is 0.254 e. The topological polar surface area (TPSA) is 135 Å². The Kier molecular flexibility index (Phi) is 4.81. The van der Waals surface area contributed by atoms with Crippen molar-refractivity contribution in [2.45, 2.75) is 24.6 Å². The van der Waals surface area contributed by atoms with Crippen molar-refractivity contribution in [3.05, 3.63) is 41.8 Å². The van der Waals surface area contributed by atoms with Crippen molar-refractivity contribution < 1.29 is 24.9 Å². The average Bonchev–Trinajstić information content (AvgIpc) is 3.19. The molecule has 0 saturated carbocycles. The zero-order valence-corrected chi connectivity index (χ0v) is 14.6. The third kappa shape index (κ3) is 3.40. The molecule has 4 unspecified atom stereocenters. The van der Waals surface area contributed by atoms with E-state index in [0.29, 0.717) is 5.52 Å². The van der Waals surface area contributed by atoms with Gasteiger partial charge in [-0.25, -0.2) is 4.98 Å². The van der Waals surface area contributed by atoms with Crippen LogP contribution in [-0.4, -0.2) is 66.2 Å². The van der Waals surface area contributed by atoms with Crippen LogP contribution in [0.5, 0.6) is 0 Å². The molecule has 4 atom stereocenters. The molecule has 0 radical (unpaired) electrons. The molecule has 3 heterocycles. The highest BCUT2D eigenvalue weighted by Crippen LogP contribution is 2.24. The molecular weight excluding hydrogens is 378 g/mol. The fourth-order valence-corrected chi connectivity index (χ4v) is 2.91. The van der Waals surface area contributed by atoms with Crippen molar-refractivity contribution in [3.8, 4) is 0 Å². The number of hydrogen-bond donors (Lipinski definition) is 4. The fraction of sp³-hybridized carbons (Fsp3) is 0.312. The zero-order chi connectivity index (χ0) is 19.0. The second-order valence-corrected chi connectivity index (χ2v) is 6.24. The van der Waals surface area contributed by atoms with Crippen LogP contribution in [0.1, 0.15) is 0 Å².